The Balaban J connectivity index is 1.89. The first-order valence-electron chi connectivity index (χ1n) is 7.42. The minimum atomic E-state index is 0.107. The van der Waals surface area contributed by atoms with E-state index in [1.807, 2.05) is 11.3 Å². The maximum absolute atomic E-state index is 4.96. The number of fused-ring (bicyclic) bond motifs is 1. The fraction of sp³-hybridized carbons (Fsp3) is 0.800. The first kappa shape index (κ1) is 12.6. The van der Waals surface area contributed by atoms with Gasteiger partial charge in [-0.25, -0.2) is 4.98 Å². The molecule has 0 amide bonds. The van der Waals surface area contributed by atoms with Gasteiger partial charge in [0.05, 0.1) is 11.2 Å². The molecular weight excluding hydrogens is 240 g/mol. The van der Waals surface area contributed by atoms with Gasteiger partial charge in [0.2, 0.25) is 0 Å². The molecule has 0 spiro atoms. The Morgan fingerprint density at radius 1 is 1.17 bits per heavy atom. The van der Waals surface area contributed by atoms with Crippen molar-refractivity contribution < 1.29 is 0 Å². The Morgan fingerprint density at radius 3 is 2.61 bits per heavy atom. The van der Waals surface area contributed by atoms with Crippen molar-refractivity contribution in [2.45, 2.75) is 63.8 Å². The Hall–Kier alpha value is -0.410. The second kappa shape index (κ2) is 4.93. The molecule has 0 aliphatic heterocycles. The maximum atomic E-state index is 4.96. The molecule has 1 saturated carbocycles. The first-order chi connectivity index (χ1) is 8.74. The highest BCUT2D eigenvalue weighted by molar-refractivity contribution is 7.12. The lowest BCUT2D eigenvalue weighted by Gasteiger charge is -2.38. The Morgan fingerprint density at radius 2 is 1.94 bits per heavy atom. The van der Waals surface area contributed by atoms with E-state index in [2.05, 4.69) is 19.3 Å². The molecule has 2 aliphatic carbocycles. The van der Waals surface area contributed by atoms with Crippen LogP contribution in [-0.2, 0) is 18.4 Å². The van der Waals surface area contributed by atoms with Gasteiger partial charge in [0.15, 0.2) is 0 Å². The van der Waals surface area contributed by atoms with Crippen molar-refractivity contribution in [1.82, 2.24) is 10.3 Å². The summed E-state index contributed by atoms with van der Waals surface area (Å²) in [5.74, 6) is 0.766. The Bertz CT molecular complexity index is 399. The van der Waals surface area contributed by atoms with Gasteiger partial charge in [-0.05, 0) is 52.0 Å². The van der Waals surface area contributed by atoms with Crippen LogP contribution < -0.4 is 5.32 Å². The summed E-state index contributed by atoms with van der Waals surface area (Å²) < 4.78 is 0. The third kappa shape index (κ3) is 2.01. The van der Waals surface area contributed by atoms with Crippen molar-refractivity contribution in [1.29, 1.82) is 0 Å². The Labute approximate surface area is 114 Å². The van der Waals surface area contributed by atoms with E-state index in [-0.39, 0.29) is 5.54 Å². The third-order valence-corrected chi connectivity index (χ3v) is 6.38. The van der Waals surface area contributed by atoms with Crippen LogP contribution in [0, 0.1) is 5.92 Å². The molecule has 100 valence electrons. The molecule has 3 rings (SSSR count). The molecule has 1 atom stereocenters. The summed E-state index contributed by atoms with van der Waals surface area (Å²) in [6.07, 6.45) is 10.7. The van der Waals surface area contributed by atoms with Crippen LogP contribution in [-0.4, -0.2) is 12.0 Å². The molecule has 2 nitrogen and oxygen atoms in total. The lowest BCUT2D eigenvalue weighted by Crippen LogP contribution is -2.44. The summed E-state index contributed by atoms with van der Waals surface area (Å²) in [7, 11) is 2.11. The topological polar surface area (TPSA) is 24.9 Å². The van der Waals surface area contributed by atoms with Gasteiger partial charge >= 0.3 is 0 Å². The molecule has 1 heterocycles. The average Bonchev–Trinajstić information content (AvgIpc) is 3.00. The van der Waals surface area contributed by atoms with Gasteiger partial charge in [0, 0.05) is 4.88 Å². The van der Waals surface area contributed by atoms with Crippen molar-refractivity contribution in [2.75, 3.05) is 7.05 Å². The van der Waals surface area contributed by atoms with Crippen LogP contribution in [0.1, 0.15) is 61.0 Å². The summed E-state index contributed by atoms with van der Waals surface area (Å²) in [4.78, 5) is 6.52. The first-order valence-corrected chi connectivity index (χ1v) is 8.23. The number of thiazole rings is 1. The number of aryl methyl sites for hydroxylation is 2. The number of aromatic nitrogens is 1. The summed E-state index contributed by atoms with van der Waals surface area (Å²) >= 11 is 1.97. The smallest absolute Gasteiger partial charge is 0.113 e. The fourth-order valence-electron chi connectivity index (χ4n) is 3.58. The lowest BCUT2D eigenvalue weighted by molar-refractivity contribution is 0.187. The highest BCUT2D eigenvalue weighted by Gasteiger charge is 2.38. The SMILES string of the molecule is CNC(C)(c1nc2c(s1)CCC2)C1CCCCC1. The fourth-order valence-corrected chi connectivity index (χ4v) is 4.96. The molecule has 0 radical (unpaired) electrons. The van der Waals surface area contributed by atoms with Crippen LogP contribution in [0.4, 0.5) is 0 Å². The molecule has 1 N–H and O–H groups in total. The molecule has 0 saturated heterocycles. The predicted molar refractivity (Wildman–Crippen MR) is 77.1 cm³/mol. The normalized spacial score (nSPS) is 23.9. The molecule has 18 heavy (non-hydrogen) atoms. The van der Waals surface area contributed by atoms with Gasteiger partial charge in [-0.1, -0.05) is 19.3 Å². The number of hydrogen-bond donors (Lipinski definition) is 1. The molecule has 1 unspecified atom stereocenters. The van der Waals surface area contributed by atoms with Gasteiger partial charge < -0.3 is 5.32 Å². The monoisotopic (exact) mass is 264 g/mol. The van der Waals surface area contributed by atoms with E-state index in [0.717, 1.165) is 5.92 Å². The van der Waals surface area contributed by atoms with E-state index in [1.165, 1.54) is 62.1 Å². The molecule has 0 aromatic carbocycles. The molecule has 1 aromatic rings. The predicted octanol–water partition coefficient (Wildman–Crippen LogP) is 3.65. The van der Waals surface area contributed by atoms with Crippen LogP contribution in [0.3, 0.4) is 0 Å². The van der Waals surface area contributed by atoms with Crippen molar-refractivity contribution in [3.05, 3.63) is 15.6 Å². The largest absolute Gasteiger partial charge is 0.308 e. The van der Waals surface area contributed by atoms with E-state index in [4.69, 9.17) is 4.98 Å². The van der Waals surface area contributed by atoms with E-state index in [1.54, 1.807) is 4.88 Å². The number of nitrogens with zero attached hydrogens (tertiary/aromatic N) is 1. The van der Waals surface area contributed by atoms with Crippen molar-refractivity contribution in [3.8, 4) is 0 Å². The third-order valence-electron chi connectivity index (χ3n) is 4.98. The number of hydrogen-bond acceptors (Lipinski definition) is 3. The van der Waals surface area contributed by atoms with Crippen LogP contribution in [0.15, 0.2) is 0 Å². The summed E-state index contributed by atoms with van der Waals surface area (Å²) in [6, 6.07) is 0. The van der Waals surface area contributed by atoms with Crippen molar-refractivity contribution >= 4 is 11.3 Å². The zero-order valence-electron chi connectivity index (χ0n) is 11.6. The quantitative estimate of drug-likeness (QED) is 0.901. The van der Waals surface area contributed by atoms with Crippen molar-refractivity contribution in [2.24, 2.45) is 5.92 Å². The number of rotatable bonds is 3. The van der Waals surface area contributed by atoms with Gasteiger partial charge in [0.1, 0.15) is 5.01 Å². The van der Waals surface area contributed by atoms with E-state index in [0.29, 0.717) is 0 Å². The van der Waals surface area contributed by atoms with E-state index < -0.39 is 0 Å². The van der Waals surface area contributed by atoms with Crippen molar-refractivity contribution in [3.63, 3.8) is 0 Å². The van der Waals surface area contributed by atoms with E-state index >= 15 is 0 Å². The second-order valence-electron chi connectivity index (χ2n) is 6.03. The minimum absolute atomic E-state index is 0.107. The van der Waals surface area contributed by atoms with Gasteiger partial charge in [0.25, 0.3) is 0 Å². The molecule has 1 aromatic heterocycles. The summed E-state index contributed by atoms with van der Waals surface area (Å²) in [5, 5.41) is 4.95. The highest BCUT2D eigenvalue weighted by atomic mass is 32.1. The second-order valence-corrected chi connectivity index (χ2v) is 7.11. The maximum Gasteiger partial charge on any atom is 0.113 e. The summed E-state index contributed by atoms with van der Waals surface area (Å²) in [6.45, 7) is 2.37. The molecule has 3 heteroatoms. The zero-order chi connectivity index (χ0) is 12.6. The van der Waals surface area contributed by atoms with Crippen LogP contribution in [0.5, 0.6) is 0 Å². The van der Waals surface area contributed by atoms with Crippen LogP contribution >= 0.6 is 11.3 Å². The minimum Gasteiger partial charge on any atom is -0.308 e. The standard InChI is InChI=1S/C15H24N2S/c1-15(16-2,11-7-4-3-5-8-11)14-17-12-9-6-10-13(12)18-14/h11,16H,3-10H2,1-2H3. The van der Waals surface area contributed by atoms with Crippen LogP contribution in [0.25, 0.3) is 0 Å². The lowest BCUT2D eigenvalue weighted by atomic mass is 9.76. The van der Waals surface area contributed by atoms with Gasteiger partial charge in [-0.15, -0.1) is 11.3 Å². The molecule has 1 fully saturated rings. The molecule has 0 bridgehead atoms. The Kier molecular flexibility index (Phi) is 3.46. The van der Waals surface area contributed by atoms with E-state index in [9.17, 15) is 0 Å². The zero-order valence-corrected chi connectivity index (χ0v) is 12.4. The number of nitrogens with one attached hydrogen (secondary N) is 1. The molecular formula is C15H24N2S. The van der Waals surface area contributed by atoms with Gasteiger partial charge in [-0.2, -0.15) is 0 Å². The van der Waals surface area contributed by atoms with Gasteiger partial charge in [-0.3, -0.25) is 0 Å². The molecule has 2 aliphatic rings. The highest BCUT2D eigenvalue weighted by Crippen LogP contribution is 2.42. The van der Waals surface area contributed by atoms with Crippen LogP contribution in [0.2, 0.25) is 0 Å². The summed E-state index contributed by atoms with van der Waals surface area (Å²) in [5.41, 5.74) is 1.50. The average molecular weight is 264 g/mol.